The van der Waals surface area contributed by atoms with Gasteiger partial charge in [-0.3, -0.25) is 0 Å². The summed E-state index contributed by atoms with van der Waals surface area (Å²) < 4.78 is 16.6. The van der Waals surface area contributed by atoms with Crippen LogP contribution < -0.4 is 0 Å². The highest BCUT2D eigenvalue weighted by atomic mass is 32.2. The highest BCUT2D eigenvalue weighted by Crippen LogP contribution is 2.13. The summed E-state index contributed by atoms with van der Waals surface area (Å²) in [7, 11) is 0. The molecular formula is C10H9NO2S. The summed E-state index contributed by atoms with van der Waals surface area (Å²) in [6, 6.07) is 9.63. The van der Waals surface area contributed by atoms with Crippen LogP contribution in [0.3, 0.4) is 0 Å². The van der Waals surface area contributed by atoms with Crippen molar-refractivity contribution in [2.75, 3.05) is 0 Å². The Labute approximate surface area is 85.0 Å². The highest BCUT2D eigenvalue weighted by molar-refractivity contribution is 7.90. The molecule has 0 amide bonds. The Morgan fingerprint density at radius 1 is 1.29 bits per heavy atom. The zero-order chi connectivity index (χ0) is 9.80. The lowest BCUT2D eigenvalue weighted by molar-refractivity contribution is 0.429. The smallest absolute Gasteiger partial charge is 0.415 e. The molecule has 0 aliphatic heterocycles. The zero-order valence-electron chi connectivity index (χ0n) is 7.42. The minimum atomic E-state index is -1.18. The first-order valence-electron chi connectivity index (χ1n) is 4.18. The van der Waals surface area contributed by atoms with Crippen LogP contribution in [0.1, 0.15) is 5.56 Å². The summed E-state index contributed by atoms with van der Waals surface area (Å²) in [6.45, 7) is 0. The summed E-state index contributed by atoms with van der Waals surface area (Å²) in [5, 5.41) is 0.286. The third-order valence-corrected chi connectivity index (χ3v) is 2.93. The van der Waals surface area contributed by atoms with Crippen molar-refractivity contribution in [2.45, 2.75) is 11.0 Å². The van der Waals surface area contributed by atoms with Gasteiger partial charge in [-0.15, -0.1) is 0 Å². The van der Waals surface area contributed by atoms with E-state index in [0.717, 1.165) is 5.56 Å². The number of oxazole rings is 1. The van der Waals surface area contributed by atoms with Crippen LogP contribution in [-0.4, -0.2) is 9.54 Å². The van der Waals surface area contributed by atoms with Gasteiger partial charge in [-0.05, 0) is 0 Å². The number of rotatable bonds is 3. The average Bonchev–Trinajstić information content (AvgIpc) is 2.72. The second-order valence-corrected chi connectivity index (χ2v) is 4.10. The minimum Gasteiger partial charge on any atom is -0.607 e. The lowest BCUT2D eigenvalue weighted by Gasteiger charge is -2.04. The third kappa shape index (κ3) is 2.16. The van der Waals surface area contributed by atoms with Crippen molar-refractivity contribution in [3.8, 4) is 0 Å². The molecule has 0 radical (unpaired) electrons. The van der Waals surface area contributed by atoms with Crippen LogP contribution in [-0.2, 0) is 16.9 Å². The maximum absolute atomic E-state index is 11.6. The molecule has 1 heterocycles. The Balaban J connectivity index is 2.06. The third-order valence-electron chi connectivity index (χ3n) is 1.75. The fraction of sp³-hybridized carbons (Fsp3) is 0.100. The molecule has 0 aliphatic rings. The molecule has 0 spiro atoms. The first-order chi connectivity index (χ1) is 6.86. The molecule has 4 heteroatoms. The van der Waals surface area contributed by atoms with Gasteiger partial charge in [0.15, 0.2) is 0 Å². The Kier molecular flexibility index (Phi) is 2.86. The summed E-state index contributed by atoms with van der Waals surface area (Å²) >= 11 is -1.18. The number of benzene rings is 1. The van der Waals surface area contributed by atoms with Gasteiger partial charge in [0.1, 0.15) is 12.0 Å². The minimum absolute atomic E-state index is 0.286. The van der Waals surface area contributed by atoms with Crippen LogP contribution in [0, 0.1) is 0 Å². The molecule has 1 aromatic carbocycles. The quantitative estimate of drug-likeness (QED) is 0.723. The monoisotopic (exact) mass is 207 g/mol. The van der Waals surface area contributed by atoms with Crippen molar-refractivity contribution < 1.29 is 8.97 Å². The highest BCUT2D eigenvalue weighted by Gasteiger charge is 2.16. The van der Waals surface area contributed by atoms with Crippen molar-refractivity contribution in [3.05, 3.63) is 48.4 Å². The molecule has 72 valence electrons. The normalized spacial score (nSPS) is 12.6. The van der Waals surface area contributed by atoms with E-state index in [1.807, 2.05) is 30.3 Å². The lowest BCUT2D eigenvalue weighted by Crippen LogP contribution is -2.04. The zero-order valence-corrected chi connectivity index (χ0v) is 8.24. The Bertz CT molecular complexity index is 374. The van der Waals surface area contributed by atoms with Gasteiger partial charge in [0, 0.05) is 5.56 Å². The van der Waals surface area contributed by atoms with Crippen LogP contribution in [0.5, 0.6) is 0 Å². The van der Waals surface area contributed by atoms with E-state index in [1.165, 1.54) is 12.5 Å². The molecule has 2 rings (SSSR count). The number of hydrogen-bond acceptors (Lipinski definition) is 3. The molecule has 1 aromatic heterocycles. The van der Waals surface area contributed by atoms with E-state index in [1.54, 1.807) is 0 Å². The maximum atomic E-state index is 11.6. The number of hydrogen-bond donors (Lipinski definition) is 0. The molecular weight excluding hydrogens is 198 g/mol. The molecule has 14 heavy (non-hydrogen) atoms. The predicted molar refractivity (Wildman–Crippen MR) is 53.1 cm³/mol. The average molecular weight is 207 g/mol. The van der Waals surface area contributed by atoms with Crippen molar-refractivity contribution in [2.24, 2.45) is 0 Å². The maximum Gasteiger partial charge on any atom is 0.415 e. The van der Waals surface area contributed by atoms with Gasteiger partial charge in [0.05, 0.1) is 17.4 Å². The Hall–Kier alpha value is -1.26. The van der Waals surface area contributed by atoms with E-state index in [2.05, 4.69) is 4.98 Å². The molecule has 0 saturated carbocycles. The van der Waals surface area contributed by atoms with Gasteiger partial charge in [-0.25, -0.2) is 0 Å². The molecule has 3 nitrogen and oxygen atoms in total. The van der Waals surface area contributed by atoms with E-state index in [0.29, 0.717) is 5.75 Å². The van der Waals surface area contributed by atoms with Crippen molar-refractivity contribution >= 4 is 11.2 Å². The molecule has 0 saturated heterocycles. The fourth-order valence-corrected chi connectivity index (χ4v) is 2.07. The van der Waals surface area contributed by atoms with Crippen molar-refractivity contribution in [3.63, 3.8) is 0 Å². The largest absolute Gasteiger partial charge is 0.607 e. The van der Waals surface area contributed by atoms with Crippen LogP contribution in [0.25, 0.3) is 0 Å². The summed E-state index contributed by atoms with van der Waals surface area (Å²) in [5.74, 6) is 0.446. The molecule has 0 bridgehead atoms. The van der Waals surface area contributed by atoms with E-state index in [4.69, 9.17) is 4.42 Å². The number of nitrogens with zero attached hydrogens (tertiary/aromatic N) is 1. The second-order valence-electron chi connectivity index (χ2n) is 2.77. The van der Waals surface area contributed by atoms with Crippen molar-refractivity contribution in [1.82, 2.24) is 4.98 Å². The summed E-state index contributed by atoms with van der Waals surface area (Å²) in [4.78, 5) is 3.85. The lowest BCUT2D eigenvalue weighted by atomic mass is 10.2. The Morgan fingerprint density at radius 2 is 2.07 bits per heavy atom. The van der Waals surface area contributed by atoms with E-state index in [-0.39, 0.29) is 5.22 Å². The fourth-order valence-electron chi connectivity index (χ4n) is 1.11. The number of aromatic nitrogens is 1. The summed E-state index contributed by atoms with van der Waals surface area (Å²) in [6.07, 6.45) is 2.93. The molecule has 0 N–H and O–H groups in total. The molecule has 1 atom stereocenters. The predicted octanol–water partition coefficient (Wildman–Crippen LogP) is 1.98. The summed E-state index contributed by atoms with van der Waals surface area (Å²) in [5.41, 5.74) is 1.02. The van der Waals surface area contributed by atoms with E-state index < -0.39 is 11.2 Å². The van der Waals surface area contributed by atoms with Crippen LogP contribution >= 0.6 is 0 Å². The topological polar surface area (TPSA) is 49.1 Å². The molecule has 1 unspecified atom stereocenters. The van der Waals surface area contributed by atoms with Gasteiger partial charge < -0.3 is 8.97 Å². The van der Waals surface area contributed by atoms with Gasteiger partial charge >= 0.3 is 5.22 Å². The van der Waals surface area contributed by atoms with Crippen LogP contribution in [0.4, 0.5) is 0 Å². The van der Waals surface area contributed by atoms with Gasteiger partial charge in [-0.2, -0.15) is 4.98 Å². The molecule has 2 aromatic rings. The standard InChI is InChI=1S/C10H9NO2S/c12-14(10-11-6-7-13-10)8-9-4-2-1-3-5-9/h1-7H,8H2. The van der Waals surface area contributed by atoms with E-state index in [9.17, 15) is 4.55 Å². The van der Waals surface area contributed by atoms with Crippen molar-refractivity contribution in [1.29, 1.82) is 0 Å². The first kappa shape index (κ1) is 9.30. The SMILES string of the molecule is [O-][S+](Cc1ccccc1)c1ncco1. The van der Waals surface area contributed by atoms with Gasteiger partial charge in [0.2, 0.25) is 0 Å². The molecule has 0 aliphatic carbocycles. The molecule has 0 fully saturated rings. The van der Waals surface area contributed by atoms with Gasteiger partial charge in [-0.1, -0.05) is 30.3 Å². The van der Waals surface area contributed by atoms with E-state index >= 15 is 0 Å². The first-order valence-corrected chi connectivity index (χ1v) is 5.50. The van der Waals surface area contributed by atoms with Crippen LogP contribution in [0.2, 0.25) is 0 Å². The Morgan fingerprint density at radius 3 is 2.71 bits per heavy atom. The van der Waals surface area contributed by atoms with Gasteiger partial charge in [0.25, 0.3) is 0 Å². The second kappa shape index (κ2) is 4.30. The van der Waals surface area contributed by atoms with Crippen LogP contribution in [0.15, 0.2) is 52.4 Å².